The van der Waals surface area contributed by atoms with Crippen LogP contribution in [0.4, 0.5) is 0 Å². The number of methoxy groups -OCH3 is 1. The summed E-state index contributed by atoms with van der Waals surface area (Å²) in [4.78, 5) is 23.8. The summed E-state index contributed by atoms with van der Waals surface area (Å²) in [5.41, 5.74) is -1.15. The van der Waals surface area contributed by atoms with Crippen molar-refractivity contribution in [3.63, 3.8) is 0 Å². The molecule has 0 aromatic carbocycles. The lowest BCUT2D eigenvalue weighted by molar-refractivity contribution is -0.188. The fraction of sp³-hybridized carbons (Fsp3) is 0.846. The summed E-state index contributed by atoms with van der Waals surface area (Å²) in [5.74, 6) is -0.382. The first-order valence-electron chi connectivity index (χ1n) is 6.21. The lowest BCUT2D eigenvalue weighted by atomic mass is 9.80. The van der Waals surface area contributed by atoms with E-state index in [4.69, 9.17) is 4.74 Å². The fourth-order valence-electron chi connectivity index (χ4n) is 1.52. The monoisotopic (exact) mass is 257 g/mol. The predicted octanol–water partition coefficient (Wildman–Crippen LogP) is 0.974. The minimum absolute atomic E-state index is 0.0163. The summed E-state index contributed by atoms with van der Waals surface area (Å²) < 4.78 is 9.68. The Balaban J connectivity index is 2.63. The second-order valence-electron chi connectivity index (χ2n) is 5.89. The topological polar surface area (TPSA) is 64.6 Å². The Hall–Kier alpha value is -1.10. The van der Waals surface area contributed by atoms with Crippen LogP contribution in [-0.4, -0.2) is 38.7 Å². The van der Waals surface area contributed by atoms with Crippen LogP contribution in [0.3, 0.4) is 0 Å². The first-order valence-corrected chi connectivity index (χ1v) is 6.21. The Morgan fingerprint density at radius 3 is 2.28 bits per heavy atom. The van der Waals surface area contributed by atoms with Crippen LogP contribution in [0.1, 0.15) is 27.7 Å². The Bertz CT molecular complexity index is 332. The molecule has 1 aliphatic rings. The number of rotatable bonds is 5. The lowest BCUT2D eigenvalue weighted by Gasteiger charge is -2.38. The van der Waals surface area contributed by atoms with Crippen LogP contribution in [0.25, 0.3) is 0 Å². The molecule has 1 aliphatic heterocycles. The molecule has 0 aromatic heterocycles. The number of ether oxygens (including phenoxy) is 2. The van der Waals surface area contributed by atoms with Crippen molar-refractivity contribution in [1.29, 1.82) is 0 Å². The Labute approximate surface area is 108 Å². The molecule has 1 amide bonds. The third-order valence-electron chi connectivity index (χ3n) is 3.98. The summed E-state index contributed by atoms with van der Waals surface area (Å²) in [7, 11) is 1.29. The molecule has 5 nitrogen and oxygen atoms in total. The fourth-order valence-corrected chi connectivity index (χ4v) is 1.52. The van der Waals surface area contributed by atoms with Crippen LogP contribution in [-0.2, 0) is 19.1 Å². The molecular weight excluding hydrogens is 234 g/mol. The molecule has 18 heavy (non-hydrogen) atoms. The van der Waals surface area contributed by atoms with Crippen molar-refractivity contribution in [1.82, 2.24) is 5.32 Å². The van der Waals surface area contributed by atoms with Crippen molar-refractivity contribution in [3.05, 3.63) is 0 Å². The molecule has 0 bridgehead atoms. The van der Waals surface area contributed by atoms with E-state index in [2.05, 4.69) is 37.7 Å². The normalized spacial score (nSPS) is 18.1. The molecule has 1 saturated heterocycles. The van der Waals surface area contributed by atoms with Gasteiger partial charge in [-0.2, -0.15) is 0 Å². The third kappa shape index (κ3) is 2.66. The minimum atomic E-state index is -1.14. The number of amides is 1. The molecule has 0 aliphatic carbocycles. The summed E-state index contributed by atoms with van der Waals surface area (Å²) in [6.07, 6.45) is 0. The second kappa shape index (κ2) is 5.26. The van der Waals surface area contributed by atoms with Crippen LogP contribution >= 0.6 is 0 Å². The number of hydrogen-bond donors (Lipinski definition) is 1. The van der Waals surface area contributed by atoms with Gasteiger partial charge >= 0.3 is 5.97 Å². The number of hydrogen-bond acceptors (Lipinski definition) is 4. The zero-order chi connectivity index (χ0) is 14.0. The van der Waals surface area contributed by atoms with E-state index in [0.29, 0.717) is 12.5 Å². The van der Waals surface area contributed by atoms with Gasteiger partial charge < -0.3 is 14.8 Å². The highest BCUT2D eigenvalue weighted by Gasteiger charge is 2.54. The Morgan fingerprint density at radius 2 is 1.94 bits per heavy atom. The summed E-state index contributed by atoms with van der Waals surface area (Å²) in [5, 5.41) is 2.84. The SMILES string of the molecule is COC(=O)C1(C(=O)NCC(C)(C)C(C)C)COC1. The maximum Gasteiger partial charge on any atom is 0.326 e. The van der Waals surface area contributed by atoms with E-state index in [0.717, 1.165) is 0 Å². The van der Waals surface area contributed by atoms with Crippen LogP contribution in [0.5, 0.6) is 0 Å². The van der Waals surface area contributed by atoms with Gasteiger partial charge in [0.05, 0.1) is 20.3 Å². The Morgan fingerprint density at radius 1 is 1.39 bits per heavy atom. The van der Waals surface area contributed by atoms with E-state index in [-0.39, 0.29) is 24.5 Å². The number of nitrogens with one attached hydrogen (secondary N) is 1. The van der Waals surface area contributed by atoms with Crippen molar-refractivity contribution in [2.75, 3.05) is 26.9 Å². The molecule has 0 atom stereocenters. The largest absolute Gasteiger partial charge is 0.468 e. The molecular formula is C13H23NO4. The second-order valence-corrected chi connectivity index (χ2v) is 5.89. The van der Waals surface area contributed by atoms with Gasteiger partial charge in [-0.3, -0.25) is 9.59 Å². The predicted molar refractivity (Wildman–Crippen MR) is 66.9 cm³/mol. The van der Waals surface area contributed by atoms with Crippen molar-refractivity contribution in [2.45, 2.75) is 27.7 Å². The van der Waals surface area contributed by atoms with Crippen molar-refractivity contribution in [2.24, 2.45) is 16.7 Å². The van der Waals surface area contributed by atoms with E-state index in [1.54, 1.807) is 0 Å². The first-order chi connectivity index (χ1) is 8.26. The van der Waals surface area contributed by atoms with Crippen LogP contribution < -0.4 is 5.32 Å². The zero-order valence-electron chi connectivity index (χ0n) is 11.8. The van der Waals surface area contributed by atoms with E-state index < -0.39 is 11.4 Å². The Kier molecular flexibility index (Phi) is 4.37. The summed E-state index contributed by atoms with van der Waals surface area (Å²) in [6, 6.07) is 0. The molecule has 0 saturated carbocycles. The van der Waals surface area contributed by atoms with Gasteiger partial charge in [-0.05, 0) is 11.3 Å². The smallest absolute Gasteiger partial charge is 0.326 e. The van der Waals surface area contributed by atoms with Gasteiger partial charge in [-0.25, -0.2) is 0 Å². The zero-order valence-corrected chi connectivity index (χ0v) is 11.8. The van der Waals surface area contributed by atoms with Gasteiger partial charge in [-0.15, -0.1) is 0 Å². The van der Waals surface area contributed by atoms with Gasteiger partial charge in [0.15, 0.2) is 5.41 Å². The van der Waals surface area contributed by atoms with Crippen molar-refractivity contribution >= 4 is 11.9 Å². The van der Waals surface area contributed by atoms with Gasteiger partial charge in [0.1, 0.15) is 0 Å². The van der Waals surface area contributed by atoms with Crippen LogP contribution in [0.2, 0.25) is 0 Å². The van der Waals surface area contributed by atoms with Gasteiger partial charge in [0.2, 0.25) is 5.91 Å². The molecule has 1 fully saturated rings. The maximum absolute atomic E-state index is 12.1. The van der Waals surface area contributed by atoms with Gasteiger partial charge in [0.25, 0.3) is 0 Å². The molecule has 0 radical (unpaired) electrons. The third-order valence-corrected chi connectivity index (χ3v) is 3.98. The average molecular weight is 257 g/mol. The van der Waals surface area contributed by atoms with E-state index in [1.165, 1.54) is 7.11 Å². The number of carbonyl (C=O) groups is 2. The van der Waals surface area contributed by atoms with Gasteiger partial charge in [-0.1, -0.05) is 27.7 Å². The number of esters is 1. The molecule has 5 heteroatoms. The molecule has 1 heterocycles. The molecule has 0 unspecified atom stereocenters. The van der Waals surface area contributed by atoms with E-state index in [1.807, 2.05) is 0 Å². The molecule has 104 valence electrons. The highest BCUT2D eigenvalue weighted by Crippen LogP contribution is 2.30. The van der Waals surface area contributed by atoms with E-state index >= 15 is 0 Å². The number of carbonyl (C=O) groups excluding carboxylic acids is 2. The quantitative estimate of drug-likeness (QED) is 0.589. The first kappa shape index (κ1) is 15.0. The maximum atomic E-state index is 12.1. The average Bonchev–Trinajstić information content (AvgIpc) is 2.24. The van der Waals surface area contributed by atoms with Crippen molar-refractivity contribution < 1.29 is 19.1 Å². The highest BCUT2D eigenvalue weighted by atomic mass is 16.5. The summed E-state index contributed by atoms with van der Waals surface area (Å²) >= 11 is 0. The molecule has 0 aromatic rings. The van der Waals surface area contributed by atoms with Gasteiger partial charge in [0, 0.05) is 6.54 Å². The van der Waals surface area contributed by atoms with Crippen LogP contribution in [0.15, 0.2) is 0 Å². The highest BCUT2D eigenvalue weighted by molar-refractivity contribution is 6.03. The lowest BCUT2D eigenvalue weighted by Crippen LogP contribution is -2.60. The van der Waals surface area contributed by atoms with Crippen LogP contribution in [0, 0.1) is 16.7 Å². The summed E-state index contributed by atoms with van der Waals surface area (Å²) in [6.45, 7) is 9.12. The molecule has 0 spiro atoms. The molecule has 1 rings (SSSR count). The van der Waals surface area contributed by atoms with E-state index in [9.17, 15) is 9.59 Å². The minimum Gasteiger partial charge on any atom is -0.468 e. The molecule has 1 N–H and O–H groups in total. The van der Waals surface area contributed by atoms with Crippen molar-refractivity contribution in [3.8, 4) is 0 Å². The standard InChI is InChI=1S/C13H23NO4/c1-9(2)12(3,4)6-14-10(15)13(7-18-8-13)11(16)17-5/h9H,6-8H2,1-5H3,(H,14,15).